The zero-order valence-electron chi connectivity index (χ0n) is 11.4. The highest BCUT2D eigenvalue weighted by atomic mass is 16.5. The third-order valence-electron chi connectivity index (χ3n) is 2.38. The van der Waals surface area contributed by atoms with Gasteiger partial charge in [0.25, 0.3) is 0 Å². The monoisotopic (exact) mass is 237 g/mol. The van der Waals surface area contributed by atoms with E-state index in [0.717, 1.165) is 18.5 Å². The van der Waals surface area contributed by atoms with Gasteiger partial charge in [-0.05, 0) is 33.1 Å². The van der Waals surface area contributed by atoms with E-state index < -0.39 is 0 Å². The second-order valence-electron chi connectivity index (χ2n) is 4.77. The molecule has 0 bridgehead atoms. The molecule has 0 saturated carbocycles. The van der Waals surface area contributed by atoms with Gasteiger partial charge in [0.2, 0.25) is 11.8 Å². The zero-order valence-corrected chi connectivity index (χ0v) is 11.4. The molecule has 0 aliphatic rings. The highest BCUT2D eigenvalue weighted by molar-refractivity contribution is 5.32. The number of aromatic nitrogens is 2. The number of hydrogen-bond donors (Lipinski definition) is 1. The molecule has 0 aromatic carbocycles. The number of nitrogens with one attached hydrogen (secondary N) is 1. The van der Waals surface area contributed by atoms with Crippen LogP contribution in [0.2, 0.25) is 0 Å². The van der Waals surface area contributed by atoms with Gasteiger partial charge in [-0.2, -0.15) is 4.98 Å². The first-order valence-corrected chi connectivity index (χ1v) is 6.27. The highest BCUT2D eigenvalue weighted by Gasteiger charge is 2.10. The van der Waals surface area contributed by atoms with Gasteiger partial charge in [0.05, 0.1) is 6.10 Å². The molecule has 1 aromatic rings. The molecule has 17 heavy (non-hydrogen) atoms. The summed E-state index contributed by atoms with van der Waals surface area (Å²) in [7, 11) is 0. The summed E-state index contributed by atoms with van der Waals surface area (Å²) in [5.41, 5.74) is 0.974. The van der Waals surface area contributed by atoms with Crippen molar-refractivity contribution >= 4 is 5.95 Å². The number of aryl methyl sites for hydroxylation is 1. The molecule has 4 nitrogen and oxygen atoms in total. The number of nitrogens with zero attached hydrogens (tertiary/aromatic N) is 2. The summed E-state index contributed by atoms with van der Waals surface area (Å²) in [5.74, 6) is 1.94. The van der Waals surface area contributed by atoms with Crippen LogP contribution in [0.25, 0.3) is 0 Å². The predicted octanol–water partition coefficient (Wildman–Crippen LogP) is 3.03. The summed E-state index contributed by atoms with van der Waals surface area (Å²) in [6, 6.07) is 0. The van der Waals surface area contributed by atoms with E-state index in [9.17, 15) is 0 Å². The molecule has 1 atom stereocenters. The third-order valence-corrected chi connectivity index (χ3v) is 2.38. The first-order chi connectivity index (χ1) is 8.02. The Morgan fingerprint density at radius 3 is 2.65 bits per heavy atom. The summed E-state index contributed by atoms with van der Waals surface area (Å²) in [4.78, 5) is 8.56. The molecule has 0 aliphatic carbocycles. The van der Waals surface area contributed by atoms with Crippen molar-refractivity contribution in [2.45, 2.75) is 47.1 Å². The standard InChI is InChI=1S/C13H23N3O/c1-6-14-13-15-8-10(4)12(16-13)17-11(5)7-9(2)3/h8-9,11H,6-7H2,1-5H3,(H,14,15,16). The lowest BCUT2D eigenvalue weighted by atomic mass is 10.1. The molecule has 0 amide bonds. The minimum atomic E-state index is 0.179. The fraction of sp³-hybridized carbons (Fsp3) is 0.692. The van der Waals surface area contributed by atoms with E-state index in [1.807, 2.05) is 13.8 Å². The Morgan fingerprint density at radius 1 is 1.35 bits per heavy atom. The highest BCUT2D eigenvalue weighted by Crippen LogP contribution is 2.18. The van der Waals surface area contributed by atoms with Gasteiger partial charge in [0.1, 0.15) is 0 Å². The van der Waals surface area contributed by atoms with E-state index in [1.54, 1.807) is 6.20 Å². The van der Waals surface area contributed by atoms with E-state index in [0.29, 0.717) is 17.7 Å². The summed E-state index contributed by atoms with van der Waals surface area (Å²) < 4.78 is 5.85. The fourth-order valence-electron chi connectivity index (χ4n) is 1.69. The van der Waals surface area contributed by atoms with E-state index in [1.165, 1.54) is 0 Å². The third kappa shape index (κ3) is 4.59. The first-order valence-electron chi connectivity index (χ1n) is 6.27. The van der Waals surface area contributed by atoms with Crippen LogP contribution in [0.5, 0.6) is 5.88 Å². The average Bonchev–Trinajstić information content (AvgIpc) is 2.22. The molecule has 1 rings (SSSR count). The first kappa shape index (κ1) is 13.7. The summed E-state index contributed by atoms with van der Waals surface area (Å²) in [6.07, 6.45) is 3.00. The smallest absolute Gasteiger partial charge is 0.225 e. The molecule has 0 fully saturated rings. The molecule has 1 aromatic heterocycles. The van der Waals surface area contributed by atoms with Crippen molar-refractivity contribution < 1.29 is 4.74 Å². The maximum Gasteiger partial charge on any atom is 0.225 e. The molecular weight excluding hydrogens is 214 g/mol. The normalized spacial score (nSPS) is 12.6. The number of rotatable bonds is 6. The minimum absolute atomic E-state index is 0.179. The van der Waals surface area contributed by atoms with Gasteiger partial charge in [-0.3, -0.25) is 0 Å². The van der Waals surface area contributed by atoms with Crippen molar-refractivity contribution in [3.05, 3.63) is 11.8 Å². The van der Waals surface area contributed by atoms with Gasteiger partial charge in [-0.15, -0.1) is 0 Å². The Bertz CT molecular complexity index is 353. The van der Waals surface area contributed by atoms with Gasteiger partial charge in [-0.1, -0.05) is 13.8 Å². The summed E-state index contributed by atoms with van der Waals surface area (Å²) in [6.45, 7) is 11.3. The molecule has 1 N–H and O–H groups in total. The molecule has 0 spiro atoms. The second-order valence-corrected chi connectivity index (χ2v) is 4.77. The molecule has 0 saturated heterocycles. The Morgan fingerprint density at radius 2 is 2.06 bits per heavy atom. The van der Waals surface area contributed by atoms with E-state index in [4.69, 9.17) is 4.74 Å². The minimum Gasteiger partial charge on any atom is -0.474 e. The van der Waals surface area contributed by atoms with Crippen molar-refractivity contribution in [2.75, 3.05) is 11.9 Å². The molecular formula is C13H23N3O. The van der Waals surface area contributed by atoms with Crippen LogP contribution in [-0.2, 0) is 0 Å². The predicted molar refractivity (Wildman–Crippen MR) is 70.5 cm³/mol. The van der Waals surface area contributed by atoms with Crippen LogP contribution in [-0.4, -0.2) is 22.6 Å². The van der Waals surface area contributed by atoms with E-state index >= 15 is 0 Å². The quantitative estimate of drug-likeness (QED) is 0.826. The molecule has 96 valence electrons. The van der Waals surface area contributed by atoms with Crippen LogP contribution >= 0.6 is 0 Å². The van der Waals surface area contributed by atoms with Crippen LogP contribution in [0.1, 0.15) is 39.7 Å². The van der Waals surface area contributed by atoms with Gasteiger partial charge in [0.15, 0.2) is 0 Å². The van der Waals surface area contributed by atoms with E-state index in [2.05, 4.69) is 36.1 Å². The summed E-state index contributed by atoms with van der Waals surface area (Å²) >= 11 is 0. The molecule has 1 unspecified atom stereocenters. The van der Waals surface area contributed by atoms with Crippen molar-refractivity contribution in [3.63, 3.8) is 0 Å². The number of ether oxygens (including phenoxy) is 1. The van der Waals surface area contributed by atoms with Crippen LogP contribution in [0.15, 0.2) is 6.20 Å². The molecule has 1 heterocycles. The lowest BCUT2D eigenvalue weighted by Crippen LogP contribution is -2.16. The zero-order chi connectivity index (χ0) is 12.8. The van der Waals surface area contributed by atoms with Crippen LogP contribution < -0.4 is 10.1 Å². The van der Waals surface area contributed by atoms with Crippen LogP contribution in [0.3, 0.4) is 0 Å². The average molecular weight is 237 g/mol. The number of hydrogen-bond acceptors (Lipinski definition) is 4. The molecule has 0 aliphatic heterocycles. The van der Waals surface area contributed by atoms with Gasteiger partial charge in [-0.25, -0.2) is 4.98 Å². The van der Waals surface area contributed by atoms with Gasteiger partial charge < -0.3 is 10.1 Å². The largest absolute Gasteiger partial charge is 0.474 e. The van der Waals surface area contributed by atoms with Crippen molar-refractivity contribution in [3.8, 4) is 5.88 Å². The molecule has 4 heteroatoms. The molecule has 0 radical (unpaired) electrons. The Kier molecular flexibility index (Phi) is 5.19. The maximum atomic E-state index is 5.85. The Labute approximate surface area is 104 Å². The van der Waals surface area contributed by atoms with Crippen LogP contribution in [0, 0.1) is 12.8 Å². The maximum absolute atomic E-state index is 5.85. The van der Waals surface area contributed by atoms with Gasteiger partial charge in [0, 0.05) is 18.3 Å². The summed E-state index contributed by atoms with van der Waals surface area (Å²) in [5, 5.41) is 3.09. The topological polar surface area (TPSA) is 47.0 Å². The lowest BCUT2D eigenvalue weighted by Gasteiger charge is -2.17. The van der Waals surface area contributed by atoms with E-state index in [-0.39, 0.29) is 6.10 Å². The SMILES string of the molecule is CCNc1ncc(C)c(OC(C)CC(C)C)n1. The lowest BCUT2D eigenvalue weighted by molar-refractivity contribution is 0.184. The van der Waals surface area contributed by atoms with Crippen molar-refractivity contribution in [2.24, 2.45) is 5.92 Å². The fourth-order valence-corrected chi connectivity index (χ4v) is 1.69. The van der Waals surface area contributed by atoms with Crippen LogP contribution in [0.4, 0.5) is 5.95 Å². The van der Waals surface area contributed by atoms with Crippen molar-refractivity contribution in [1.82, 2.24) is 9.97 Å². The Balaban J connectivity index is 2.71. The van der Waals surface area contributed by atoms with Gasteiger partial charge >= 0.3 is 0 Å². The Hall–Kier alpha value is -1.32. The van der Waals surface area contributed by atoms with Crippen molar-refractivity contribution in [1.29, 1.82) is 0 Å². The second kappa shape index (κ2) is 6.42. The number of anilines is 1.